The fraction of sp³-hybridized carbons (Fsp3) is 0.238. The number of aliphatic hydroxyl groups is 2. The number of nitrogens with zero attached hydrogens (tertiary/aromatic N) is 3. The molecule has 0 radical (unpaired) electrons. The lowest BCUT2D eigenvalue weighted by molar-refractivity contribution is 0.156. The number of H-pyrrole nitrogens is 1. The van der Waals surface area contributed by atoms with E-state index in [0.29, 0.717) is 19.6 Å². The summed E-state index contributed by atoms with van der Waals surface area (Å²) in [5.74, 6) is 0.740. The number of aliphatic hydroxyl groups excluding tert-OH is 2. The number of aromatic nitrogens is 3. The third-order valence-electron chi connectivity index (χ3n) is 4.84. The van der Waals surface area contributed by atoms with Gasteiger partial charge in [-0.05, 0) is 35.9 Å². The van der Waals surface area contributed by atoms with E-state index >= 15 is 0 Å². The lowest BCUT2D eigenvalue weighted by Crippen LogP contribution is -2.29. The SMILES string of the molecule is OCCN(CCO)Cc1c[nH]c2cc3ncnc(Nc4cccc(Br)c4)c3cc12. The van der Waals surface area contributed by atoms with Gasteiger partial charge in [0.25, 0.3) is 0 Å². The number of anilines is 2. The molecule has 2 aromatic carbocycles. The Morgan fingerprint density at radius 3 is 2.62 bits per heavy atom. The Labute approximate surface area is 176 Å². The van der Waals surface area contributed by atoms with E-state index in [1.54, 1.807) is 6.33 Å². The van der Waals surface area contributed by atoms with Gasteiger partial charge in [-0.3, -0.25) is 4.90 Å². The molecule has 4 rings (SSSR count). The molecule has 4 aromatic rings. The first kappa shape index (κ1) is 19.8. The highest BCUT2D eigenvalue weighted by Gasteiger charge is 2.13. The van der Waals surface area contributed by atoms with Crippen molar-refractivity contribution in [1.82, 2.24) is 19.9 Å². The normalized spacial score (nSPS) is 11.6. The Morgan fingerprint density at radius 1 is 1.03 bits per heavy atom. The number of rotatable bonds is 8. The van der Waals surface area contributed by atoms with Crippen LogP contribution < -0.4 is 5.32 Å². The summed E-state index contributed by atoms with van der Waals surface area (Å²) in [7, 11) is 0. The maximum absolute atomic E-state index is 9.28. The number of halogens is 1. The maximum Gasteiger partial charge on any atom is 0.141 e. The molecule has 0 aliphatic rings. The van der Waals surface area contributed by atoms with Crippen molar-refractivity contribution in [1.29, 1.82) is 0 Å². The Kier molecular flexibility index (Phi) is 6.05. The molecular formula is C21H22BrN5O2. The van der Waals surface area contributed by atoms with E-state index in [9.17, 15) is 10.2 Å². The summed E-state index contributed by atoms with van der Waals surface area (Å²) in [5, 5.41) is 23.9. The second-order valence-corrected chi connectivity index (χ2v) is 7.73. The van der Waals surface area contributed by atoms with E-state index < -0.39 is 0 Å². The van der Waals surface area contributed by atoms with Crippen LogP contribution in [0, 0.1) is 0 Å². The lowest BCUT2D eigenvalue weighted by Gasteiger charge is -2.19. The van der Waals surface area contributed by atoms with E-state index in [2.05, 4.69) is 42.3 Å². The third kappa shape index (κ3) is 4.40. The topological polar surface area (TPSA) is 97.3 Å². The van der Waals surface area contributed by atoms with Gasteiger partial charge in [-0.25, -0.2) is 9.97 Å². The van der Waals surface area contributed by atoms with Crippen LogP contribution in [0.4, 0.5) is 11.5 Å². The van der Waals surface area contributed by atoms with Crippen LogP contribution in [-0.2, 0) is 6.54 Å². The van der Waals surface area contributed by atoms with Gasteiger partial charge in [0, 0.05) is 52.3 Å². The molecule has 0 atom stereocenters. The molecule has 0 spiro atoms. The molecule has 0 saturated carbocycles. The number of benzene rings is 2. The molecule has 0 bridgehead atoms. The first-order valence-corrected chi connectivity index (χ1v) is 10.2. The van der Waals surface area contributed by atoms with Gasteiger partial charge in [-0.1, -0.05) is 22.0 Å². The van der Waals surface area contributed by atoms with Crippen molar-refractivity contribution in [2.45, 2.75) is 6.54 Å². The second kappa shape index (κ2) is 8.87. The summed E-state index contributed by atoms with van der Waals surface area (Å²) in [4.78, 5) is 14.2. The summed E-state index contributed by atoms with van der Waals surface area (Å²) >= 11 is 3.49. The average Bonchev–Trinajstić information content (AvgIpc) is 3.09. The summed E-state index contributed by atoms with van der Waals surface area (Å²) in [5.41, 5.74) is 3.88. The number of hydrogen-bond acceptors (Lipinski definition) is 6. The van der Waals surface area contributed by atoms with Crippen LogP contribution in [-0.4, -0.2) is 56.4 Å². The van der Waals surface area contributed by atoms with Crippen molar-refractivity contribution in [3.63, 3.8) is 0 Å². The molecule has 8 heteroatoms. The summed E-state index contributed by atoms with van der Waals surface area (Å²) in [6, 6.07) is 12.0. The first-order valence-electron chi connectivity index (χ1n) is 9.39. The van der Waals surface area contributed by atoms with Crippen LogP contribution >= 0.6 is 15.9 Å². The van der Waals surface area contributed by atoms with Gasteiger partial charge < -0.3 is 20.5 Å². The number of nitrogens with one attached hydrogen (secondary N) is 2. The molecule has 0 saturated heterocycles. The fourth-order valence-corrected chi connectivity index (χ4v) is 3.86. The summed E-state index contributed by atoms with van der Waals surface area (Å²) < 4.78 is 0.990. The van der Waals surface area contributed by atoms with Crippen LogP contribution in [0.5, 0.6) is 0 Å². The van der Waals surface area contributed by atoms with Gasteiger partial charge in [0.15, 0.2) is 0 Å². The molecule has 2 heterocycles. The minimum Gasteiger partial charge on any atom is -0.395 e. The van der Waals surface area contributed by atoms with Crippen molar-refractivity contribution in [3.05, 3.63) is 59.0 Å². The van der Waals surface area contributed by atoms with Crippen LogP contribution in [0.3, 0.4) is 0 Å². The highest BCUT2D eigenvalue weighted by molar-refractivity contribution is 9.10. The Balaban J connectivity index is 1.73. The first-order chi connectivity index (χ1) is 14.2. The zero-order chi connectivity index (χ0) is 20.2. The van der Waals surface area contributed by atoms with Gasteiger partial charge in [-0.2, -0.15) is 0 Å². The summed E-state index contributed by atoms with van der Waals surface area (Å²) in [6.45, 7) is 1.77. The van der Waals surface area contributed by atoms with Crippen molar-refractivity contribution in [2.75, 3.05) is 31.6 Å². The van der Waals surface area contributed by atoms with Gasteiger partial charge in [0.2, 0.25) is 0 Å². The Morgan fingerprint density at radius 2 is 1.86 bits per heavy atom. The zero-order valence-corrected chi connectivity index (χ0v) is 17.4. The zero-order valence-electron chi connectivity index (χ0n) is 15.8. The van der Waals surface area contributed by atoms with Crippen molar-refractivity contribution >= 4 is 49.2 Å². The van der Waals surface area contributed by atoms with E-state index in [0.717, 1.165) is 43.3 Å². The van der Waals surface area contributed by atoms with E-state index in [1.165, 1.54) is 0 Å². The highest BCUT2D eigenvalue weighted by atomic mass is 79.9. The van der Waals surface area contributed by atoms with Gasteiger partial charge in [0.05, 0.1) is 18.7 Å². The third-order valence-corrected chi connectivity index (χ3v) is 5.33. The molecule has 0 fully saturated rings. The van der Waals surface area contributed by atoms with Crippen LogP contribution in [0.1, 0.15) is 5.56 Å². The van der Waals surface area contributed by atoms with E-state index in [1.807, 2.05) is 41.4 Å². The number of aromatic amines is 1. The predicted octanol–water partition coefficient (Wildman–Crippen LogP) is 3.40. The van der Waals surface area contributed by atoms with Crippen molar-refractivity contribution < 1.29 is 10.2 Å². The van der Waals surface area contributed by atoms with E-state index in [-0.39, 0.29) is 13.2 Å². The molecule has 0 unspecified atom stereocenters. The summed E-state index contributed by atoms with van der Waals surface area (Å²) in [6.07, 6.45) is 3.53. The quantitative estimate of drug-likeness (QED) is 0.325. The molecule has 4 N–H and O–H groups in total. The number of hydrogen-bond donors (Lipinski definition) is 4. The van der Waals surface area contributed by atoms with E-state index in [4.69, 9.17) is 0 Å². The minimum atomic E-state index is 0.0554. The highest BCUT2D eigenvalue weighted by Crippen LogP contribution is 2.30. The van der Waals surface area contributed by atoms with Crippen LogP contribution in [0.15, 0.2) is 53.4 Å². The number of fused-ring (bicyclic) bond motifs is 2. The largest absolute Gasteiger partial charge is 0.395 e. The standard InChI is InChI=1S/C21H22BrN5O2/c22-15-2-1-3-16(8-15)26-21-18-9-17-14(12-27(4-6-28)5-7-29)11-23-19(17)10-20(18)24-13-25-21/h1-3,8-11,13,23,28-29H,4-7,12H2,(H,24,25,26). The molecule has 2 aromatic heterocycles. The fourth-order valence-electron chi connectivity index (χ4n) is 3.46. The molecule has 0 amide bonds. The van der Waals surface area contributed by atoms with Crippen molar-refractivity contribution in [3.8, 4) is 0 Å². The van der Waals surface area contributed by atoms with Gasteiger partial charge >= 0.3 is 0 Å². The van der Waals surface area contributed by atoms with Gasteiger partial charge in [-0.15, -0.1) is 0 Å². The van der Waals surface area contributed by atoms with Crippen LogP contribution in [0.25, 0.3) is 21.8 Å². The molecule has 150 valence electrons. The predicted molar refractivity (Wildman–Crippen MR) is 118 cm³/mol. The molecule has 0 aliphatic heterocycles. The van der Waals surface area contributed by atoms with Crippen molar-refractivity contribution in [2.24, 2.45) is 0 Å². The molecular weight excluding hydrogens is 434 g/mol. The lowest BCUT2D eigenvalue weighted by atomic mass is 10.1. The Hall–Kier alpha value is -2.52. The molecule has 0 aliphatic carbocycles. The molecule has 7 nitrogen and oxygen atoms in total. The minimum absolute atomic E-state index is 0.0554. The monoisotopic (exact) mass is 455 g/mol. The Bertz CT molecular complexity index is 1120. The van der Waals surface area contributed by atoms with Crippen LogP contribution in [0.2, 0.25) is 0 Å². The average molecular weight is 456 g/mol. The maximum atomic E-state index is 9.28. The smallest absolute Gasteiger partial charge is 0.141 e. The second-order valence-electron chi connectivity index (χ2n) is 6.81. The molecule has 29 heavy (non-hydrogen) atoms. The van der Waals surface area contributed by atoms with Gasteiger partial charge in [0.1, 0.15) is 12.1 Å².